The molecule has 0 spiro atoms. The molecule has 0 aliphatic carbocycles. The maximum Gasteiger partial charge on any atom is 0.320 e. The Labute approximate surface area is 116 Å². The number of hydrogen-bond acceptors (Lipinski definition) is 4. The second kappa shape index (κ2) is 7.20. The van der Waals surface area contributed by atoms with E-state index in [9.17, 15) is 4.79 Å². The zero-order chi connectivity index (χ0) is 14.2. The number of aliphatic hydroxyl groups is 1. The van der Waals surface area contributed by atoms with Crippen molar-refractivity contribution >= 4 is 11.8 Å². The van der Waals surface area contributed by atoms with E-state index in [2.05, 4.69) is 20.8 Å². The lowest BCUT2D eigenvalue weighted by Gasteiger charge is -2.06. The van der Waals surface area contributed by atoms with Crippen molar-refractivity contribution in [3.63, 3.8) is 0 Å². The predicted octanol–water partition coefficient (Wildman–Crippen LogP) is 1.65. The highest BCUT2D eigenvalue weighted by Crippen LogP contribution is 2.15. The van der Waals surface area contributed by atoms with Gasteiger partial charge in [0, 0.05) is 18.7 Å². The van der Waals surface area contributed by atoms with Crippen molar-refractivity contribution in [2.75, 3.05) is 18.5 Å². The van der Waals surface area contributed by atoms with Crippen molar-refractivity contribution in [1.29, 1.82) is 0 Å². The molecule has 0 unspecified atom stereocenters. The van der Waals surface area contributed by atoms with E-state index in [4.69, 9.17) is 5.11 Å². The lowest BCUT2D eigenvalue weighted by atomic mass is 10.1. The second-order valence-electron chi connectivity index (χ2n) is 4.13. The molecule has 104 valence electrons. The number of anilines is 1. The van der Waals surface area contributed by atoms with E-state index in [-0.39, 0.29) is 12.6 Å². The Bertz CT molecular complexity index is 543. The van der Waals surface area contributed by atoms with Crippen molar-refractivity contribution in [1.82, 2.24) is 15.5 Å². The van der Waals surface area contributed by atoms with Crippen LogP contribution >= 0.6 is 0 Å². The molecule has 0 radical (unpaired) electrons. The fourth-order valence-electron chi connectivity index (χ4n) is 1.60. The van der Waals surface area contributed by atoms with E-state index in [0.29, 0.717) is 18.8 Å². The van der Waals surface area contributed by atoms with Crippen LogP contribution < -0.4 is 10.6 Å². The van der Waals surface area contributed by atoms with E-state index < -0.39 is 0 Å². The first kappa shape index (κ1) is 14.0. The summed E-state index contributed by atoms with van der Waals surface area (Å²) in [7, 11) is 0. The zero-order valence-corrected chi connectivity index (χ0v) is 10.9. The van der Waals surface area contributed by atoms with Crippen LogP contribution in [-0.2, 0) is 0 Å². The summed E-state index contributed by atoms with van der Waals surface area (Å²) in [4.78, 5) is 11.5. The van der Waals surface area contributed by atoms with Gasteiger partial charge in [-0.25, -0.2) is 4.79 Å². The molecular formula is C14H16N4O2. The lowest BCUT2D eigenvalue weighted by Crippen LogP contribution is -2.30. The molecule has 2 amide bonds. The summed E-state index contributed by atoms with van der Waals surface area (Å²) < 4.78 is 0. The fraction of sp³-hybridized carbons (Fsp3) is 0.214. The minimum absolute atomic E-state index is 0.0475. The Morgan fingerprint density at radius 1 is 1.10 bits per heavy atom. The summed E-state index contributed by atoms with van der Waals surface area (Å²) in [5.74, 6) is 0.381. The number of nitrogens with zero attached hydrogens (tertiary/aromatic N) is 2. The number of hydrogen-bond donors (Lipinski definition) is 3. The third-order valence-corrected chi connectivity index (χ3v) is 2.60. The summed E-state index contributed by atoms with van der Waals surface area (Å²) in [6, 6.07) is 12.8. The van der Waals surface area contributed by atoms with E-state index in [1.54, 1.807) is 12.1 Å². The number of amides is 2. The van der Waals surface area contributed by atoms with E-state index in [1.165, 1.54) is 0 Å². The molecule has 0 aliphatic heterocycles. The quantitative estimate of drug-likeness (QED) is 0.722. The molecule has 20 heavy (non-hydrogen) atoms. The Balaban J connectivity index is 1.93. The molecule has 0 saturated heterocycles. The number of benzene rings is 1. The first-order valence-electron chi connectivity index (χ1n) is 6.34. The zero-order valence-electron chi connectivity index (χ0n) is 10.9. The van der Waals surface area contributed by atoms with Crippen LogP contribution in [0.15, 0.2) is 42.5 Å². The van der Waals surface area contributed by atoms with Gasteiger partial charge in [-0.05, 0) is 18.6 Å². The van der Waals surface area contributed by atoms with E-state index in [0.717, 1.165) is 11.3 Å². The van der Waals surface area contributed by atoms with Crippen LogP contribution in [0.5, 0.6) is 0 Å². The minimum Gasteiger partial charge on any atom is -0.396 e. The number of nitrogens with one attached hydrogen (secondary N) is 2. The molecule has 6 nitrogen and oxygen atoms in total. The van der Waals surface area contributed by atoms with Gasteiger partial charge in [0.05, 0.1) is 5.69 Å². The number of carbonyl (C=O) groups is 1. The van der Waals surface area contributed by atoms with Crippen LogP contribution in [-0.4, -0.2) is 34.5 Å². The van der Waals surface area contributed by atoms with Gasteiger partial charge < -0.3 is 10.4 Å². The fourth-order valence-corrected chi connectivity index (χ4v) is 1.60. The summed E-state index contributed by atoms with van der Waals surface area (Å²) in [6.07, 6.45) is 0.520. The van der Waals surface area contributed by atoms with Crippen molar-refractivity contribution in [2.45, 2.75) is 6.42 Å². The summed E-state index contributed by atoms with van der Waals surface area (Å²) in [5, 5.41) is 21.8. The van der Waals surface area contributed by atoms with E-state index in [1.807, 2.05) is 30.3 Å². The average Bonchev–Trinajstić information content (AvgIpc) is 2.49. The van der Waals surface area contributed by atoms with E-state index >= 15 is 0 Å². The Kier molecular flexibility index (Phi) is 5.02. The topological polar surface area (TPSA) is 87.1 Å². The molecule has 6 heteroatoms. The van der Waals surface area contributed by atoms with Gasteiger partial charge in [0.1, 0.15) is 0 Å². The maximum absolute atomic E-state index is 11.5. The molecule has 0 bridgehead atoms. The van der Waals surface area contributed by atoms with Crippen molar-refractivity contribution in [2.24, 2.45) is 0 Å². The molecule has 0 fully saturated rings. The largest absolute Gasteiger partial charge is 0.396 e. The first-order chi connectivity index (χ1) is 9.79. The number of aromatic nitrogens is 2. The Morgan fingerprint density at radius 3 is 2.55 bits per heavy atom. The van der Waals surface area contributed by atoms with Gasteiger partial charge >= 0.3 is 6.03 Å². The van der Waals surface area contributed by atoms with Gasteiger partial charge in [0.25, 0.3) is 0 Å². The highest BCUT2D eigenvalue weighted by Gasteiger charge is 2.04. The third-order valence-electron chi connectivity index (χ3n) is 2.60. The smallest absolute Gasteiger partial charge is 0.320 e. The van der Waals surface area contributed by atoms with Crippen LogP contribution in [0, 0.1) is 0 Å². The van der Waals surface area contributed by atoms with Gasteiger partial charge in [-0.15, -0.1) is 10.2 Å². The highest BCUT2D eigenvalue weighted by molar-refractivity contribution is 5.88. The van der Waals surface area contributed by atoms with Crippen LogP contribution in [0.25, 0.3) is 11.3 Å². The summed E-state index contributed by atoms with van der Waals surface area (Å²) in [6.45, 7) is 0.462. The predicted molar refractivity (Wildman–Crippen MR) is 76.2 cm³/mol. The maximum atomic E-state index is 11.5. The SMILES string of the molecule is O=C(NCCCO)Nc1ccc(-c2ccccc2)nn1. The Morgan fingerprint density at radius 2 is 1.90 bits per heavy atom. The summed E-state index contributed by atoms with van der Waals surface area (Å²) >= 11 is 0. The minimum atomic E-state index is -0.361. The Hall–Kier alpha value is -2.47. The molecule has 1 heterocycles. The molecule has 0 aliphatic rings. The van der Waals surface area contributed by atoms with Crippen molar-refractivity contribution < 1.29 is 9.90 Å². The average molecular weight is 272 g/mol. The van der Waals surface area contributed by atoms with Gasteiger partial charge in [0.2, 0.25) is 0 Å². The van der Waals surface area contributed by atoms with Crippen LogP contribution in [0.2, 0.25) is 0 Å². The molecule has 0 saturated carbocycles. The monoisotopic (exact) mass is 272 g/mol. The van der Waals surface area contributed by atoms with Gasteiger partial charge in [-0.1, -0.05) is 30.3 Å². The second-order valence-corrected chi connectivity index (χ2v) is 4.13. The standard InChI is InChI=1S/C14H16N4O2/c19-10-4-9-15-14(20)16-13-8-7-12(17-18-13)11-5-2-1-3-6-11/h1-3,5-8,19H,4,9-10H2,(H2,15,16,18,20). The molecule has 0 atom stereocenters. The molecule has 2 rings (SSSR count). The third kappa shape index (κ3) is 4.03. The van der Waals surface area contributed by atoms with Crippen molar-refractivity contribution in [3.8, 4) is 11.3 Å². The van der Waals surface area contributed by atoms with Crippen LogP contribution in [0.3, 0.4) is 0 Å². The molecule has 3 N–H and O–H groups in total. The lowest BCUT2D eigenvalue weighted by molar-refractivity contribution is 0.248. The van der Waals surface area contributed by atoms with Crippen molar-refractivity contribution in [3.05, 3.63) is 42.5 Å². The van der Waals surface area contributed by atoms with Gasteiger partial charge in [-0.2, -0.15) is 0 Å². The number of rotatable bonds is 5. The molecule has 2 aromatic rings. The van der Waals surface area contributed by atoms with Gasteiger partial charge in [-0.3, -0.25) is 5.32 Å². The van der Waals surface area contributed by atoms with Gasteiger partial charge in [0.15, 0.2) is 5.82 Å². The highest BCUT2D eigenvalue weighted by atomic mass is 16.3. The molecular weight excluding hydrogens is 256 g/mol. The number of aliphatic hydroxyl groups excluding tert-OH is 1. The van der Waals surface area contributed by atoms with Crippen LogP contribution in [0.1, 0.15) is 6.42 Å². The molecule has 1 aromatic heterocycles. The van der Waals surface area contributed by atoms with Crippen LogP contribution in [0.4, 0.5) is 10.6 Å². The summed E-state index contributed by atoms with van der Waals surface area (Å²) in [5.41, 5.74) is 1.72. The first-order valence-corrected chi connectivity index (χ1v) is 6.34. The number of carbonyl (C=O) groups excluding carboxylic acids is 1. The number of urea groups is 1. The molecule has 1 aromatic carbocycles. The normalized spacial score (nSPS) is 10.1.